The van der Waals surface area contributed by atoms with E-state index in [2.05, 4.69) is 20.4 Å². The second-order valence-corrected chi connectivity index (χ2v) is 8.63. The predicted octanol–water partition coefficient (Wildman–Crippen LogP) is 3.70. The highest BCUT2D eigenvalue weighted by atomic mass is 35.5. The van der Waals surface area contributed by atoms with E-state index in [0.29, 0.717) is 66.8 Å². The second-order valence-electron chi connectivity index (χ2n) is 7.16. The number of halogens is 2. The standard InChI is InChI=1S/C22H23ClFN5O2S/c23-19-7-2-1-4-16(19)15-25-20(30)8-13-32-22-27-26-21(28-9-11-31-12-10-28)29(22)18-6-3-5-17(24)14-18/h1-7,14H,8-13,15H2,(H,25,30). The van der Waals surface area contributed by atoms with Gasteiger partial charge in [-0.05, 0) is 29.8 Å². The summed E-state index contributed by atoms with van der Waals surface area (Å²) in [5.41, 5.74) is 1.51. The molecule has 2 aromatic carbocycles. The first kappa shape index (κ1) is 22.6. The molecule has 1 saturated heterocycles. The fraction of sp³-hybridized carbons (Fsp3) is 0.318. The average Bonchev–Trinajstić information content (AvgIpc) is 3.23. The lowest BCUT2D eigenvalue weighted by Crippen LogP contribution is -2.37. The van der Waals surface area contributed by atoms with E-state index in [-0.39, 0.29) is 11.7 Å². The van der Waals surface area contributed by atoms with Crippen LogP contribution in [0.4, 0.5) is 10.3 Å². The fourth-order valence-electron chi connectivity index (χ4n) is 3.32. The third-order valence-electron chi connectivity index (χ3n) is 4.97. The lowest BCUT2D eigenvalue weighted by Gasteiger charge is -2.27. The molecular weight excluding hydrogens is 453 g/mol. The largest absolute Gasteiger partial charge is 0.378 e. The number of rotatable bonds is 8. The van der Waals surface area contributed by atoms with Crippen molar-refractivity contribution >= 4 is 35.2 Å². The molecule has 0 spiro atoms. The number of morpholine rings is 1. The smallest absolute Gasteiger partial charge is 0.232 e. The number of carbonyl (C=O) groups is 1. The summed E-state index contributed by atoms with van der Waals surface area (Å²) in [5, 5.41) is 12.8. The number of nitrogens with zero attached hydrogens (tertiary/aromatic N) is 4. The molecule has 0 unspecified atom stereocenters. The maximum atomic E-state index is 13.9. The zero-order valence-electron chi connectivity index (χ0n) is 17.3. The predicted molar refractivity (Wildman–Crippen MR) is 123 cm³/mol. The van der Waals surface area contributed by atoms with Crippen LogP contribution in [-0.2, 0) is 16.1 Å². The summed E-state index contributed by atoms with van der Waals surface area (Å²) in [6.07, 6.45) is 0.304. The molecule has 0 aliphatic carbocycles. The Balaban J connectivity index is 1.42. The Morgan fingerprint density at radius 2 is 1.97 bits per heavy atom. The Hall–Kier alpha value is -2.62. The highest BCUT2D eigenvalue weighted by molar-refractivity contribution is 7.99. The van der Waals surface area contributed by atoms with Crippen LogP contribution in [0.1, 0.15) is 12.0 Å². The molecule has 1 aliphatic rings. The van der Waals surface area contributed by atoms with Crippen molar-refractivity contribution in [2.75, 3.05) is 37.0 Å². The van der Waals surface area contributed by atoms with Crippen molar-refractivity contribution in [2.24, 2.45) is 0 Å². The lowest BCUT2D eigenvalue weighted by atomic mass is 10.2. The molecule has 1 amide bonds. The number of ether oxygens (including phenoxy) is 1. The van der Waals surface area contributed by atoms with Crippen LogP contribution in [0.2, 0.25) is 5.02 Å². The summed E-state index contributed by atoms with van der Waals surface area (Å²) in [4.78, 5) is 14.4. The molecule has 4 rings (SSSR count). The van der Waals surface area contributed by atoms with E-state index in [9.17, 15) is 9.18 Å². The van der Waals surface area contributed by atoms with Crippen LogP contribution >= 0.6 is 23.4 Å². The molecule has 3 aromatic rings. The normalized spacial score (nSPS) is 13.9. The number of hydrogen-bond donors (Lipinski definition) is 1. The summed E-state index contributed by atoms with van der Waals surface area (Å²) in [6.45, 7) is 2.95. The van der Waals surface area contributed by atoms with Crippen LogP contribution < -0.4 is 10.2 Å². The van der Waals surface area contributed by atoms with E-state index in [1.807, 2.05) is 28.8 Å². The molecule has 0 atom stereocenters. The van der Waals surface area contributed by atoms with Gasteiger partial charge in [0.2, 0.25) is 11.9 Å². The van der Waals surface area contributed by atoms with Gasteiger partial charge in [0, 0.05) is 36.8 Å². The Morgan fingerprint density at radius 3 is 2.75 bits per heavy atom. The maximum Gasteiger partial charge on any atom is 0.232 e. The van der Waals surface area contributed by atoms with Crippen LogP contribution in [0, 0.1) is 5.82 Å². The number of anilines is 1. The van der Waals surface area contributed by atoms with Gasteiger partial charge in [0.25, 0.3) is 0 Å². The highest BCUT2D eigenvalue weighted by Gasteiger charge is 2.22. The quantitative estimate of drug-likeness (QED) is 0.501. The van der Waals surface area contributed by atoms with Crippen molar-refractivity contribution in [3.8, 4) is 5.69 Å². The monoisotopic (exact) mass is 475 g/mol. The van der Waals surface area contributed by atoms with Crippen molar-refractivity contribution in [3.05, 3.63) is 64.9 Å². The molecule has 168 valence electrons. The molecule has 2 heterocycles. The molecule has 1 aliphatic heterocycles. The number of amides is 1. The minimum atomic E-state index is -0.334. The number of benzene rings is 2. The second kappa shape index (κ2) is 10.8. The van der Waals surface area contributed by atoms with Gasteiger partial charge in [-0.2, -0.15) is 0 Å². The van der Waals surface area contributed by atoms with Gasteiger partial charge >= 0.3 is 0 Å². The van der Waals surface area contributed by atoms with Crippen LogP contribution in [0.15, 0.2) is 53.7 Å². The summed E-state index contributed by atoms with van der Waals surface area (Å²) < 4.78 is 21.2. The zero-order valence-corrected chi connectivity index (χ0v) is 18.9. The topological polar surface area (TPSA) is 72.3 Å². The Bertz CT molecular complexity index is 1070. The van der Waals surface area contributed by atoms with Crippen molar-refractivity contribution in [1.82, 2.24) is 20.1 Å². The minimum absolute atomic E-state index is 0.0809. The highest BCUT2D eigenvalue weighted by Crippen LogP contribution is 2.28. The molecule has 32 heavy (non-hydrogen) atoms. The van der Waals surface area contributed by atoms with E-state index in [4.69, 9.17) is 16.3 Å². The summed E-state index contributed by atoms with van der Waals surface area (Å²) >= 11 is 7.54. The SMILES string of the molecule is O=C(CCSc1nnc(N2CCOCC2)n1-c1cccc(F)c1)NCc1ccccc1Cl. The van der Waals surface area contributed by atoms with E-state index < -0.39 is 0 Å². The maximum absolute atomic E-state index is 13.9. The number of aromatic nitrogens is 3. The van der Waals surface area contributed by atoms with Gasteiger partial charge in [-0.15, -0.1) is 10.2 Å². The summed E-state index contributed by atoms with van der Waals surface area (Å²) in [5.74, 6) is 0.733. The number of thioether (sulfide) groups is 1. The van der Waals surface area contributed by atoms with Crippen LogP contribution in [0.25, 0.3) is 5.69 Å². The molecule has 0 bridgehead atoms. The minimum Gasteiger partial charge on any atom is -0.378 e. The average molecular weight is 476 g/mol. The van der Waals surface area contributed by atoms with E-state index in [1.165, 1.54) is 23.9 Å². The third-order valence-corrected chi connectivity index (χ3v) is 6.27. The summed E-state index contributed by atoms with van der Waals surface area (Å²) in [6, 6.07) is 13.7. The molecule has 1 aromatic heterocycles. The molecule has 10 heteroatoms. The van der Waals surface area contributed by atoms with E-state index >= 15 is 0 Å². The molecule has 7 nitrogen and oxygen atoms in total. The molecule has 0 saturated carbocycles. The van der Waals surface area contributed by atoms with Crippen molar-refractivity contribution < 1.29 is 13.9 Å². The van der Waals surface area contributed by atoms with Gasteiger partial charge in [-0.1, -0.05) is 47.6 Å². The van der Waals surface area contributed by atoms with Gasteiger partial charge in [0.15, 0.2) is 5.16 Å². The van der Waals surface area contributed by atoms with Crippen molar-refractivity contribution in [1.29, 1.82) is 0 Å². The van der Waals surface area contributed by atoms with Gasteiger partial charge in [0.1, 0.15) is 5.82 Å². The van der Waals surface area contributed by atoms with Crippen LogP contribution in [-0.4, -0.2) is 52.7 Å². The zero-order chi connectivity index (χ0) is 22.3. The van der Waals surface area contributed by atoms with E-state index in [0.717, 1.165) is 5.56 Å². The van der Waals surface area contributed by atoms with Gasteiger partial charge < -0.3 is 15.0 Å². The van der Waals surface area contributed by atoms with Crippen LogP contribution in [0.5, 0.6) is 0 Å². The van der Waals surface area contributed by atoms with Crippen molar-refractivity contribution in [3.63, 3.8) is 0 Å². The Labute approximate surface area is 194 Å². The summed E-state index contributed by atoms with van der Waals surface area (Å²) in [7, 11) is 0. The number of hydrogen-bond acceptors (Lipinski definition) is 6. The van der Waals surface area contributed by atoms with Gasteiger partial charge in [-0.3, -0.25) is 9.36 Å². The van der Waals surface area contributed by atoms with E-state index in [1.54, 1.807) is 12.1 Å². The molecule has 1 N–H and O–H groups in total. The number of nitrogens with one attached hydrogen (secondary N) is 1. The Kier molecular flexibility index (Phi) is 7.62. The van der Waals surface area contributed by atoms with Gasteiger partial charge in [0.05, 0.1) is 18.9 Å². The fourth-order valence-corrected chi connectivity index (χ4v) is 4.41. The Morgan fingerprint density at radius 1 is 1.16 bits per heavy atom. The van der Waals surface area contributed by atoms with Gasteiger partial charge in [-0.25, -0.2) is 4.39 Å². The van der Waals surface area contributed by atoms with Crippen LogP contribution in [0.3, 0.4) is 0 Å². The first-order valence-electron chi connectivity index (χ1n) is 10.3. The van der Waals surface area contributed by atoms with Crippen molar-refractivity contribution in [2.45, 2.75) is 18.1 Å². The lowest BCUT2D eigenvalue weighted by molar-refractivity contribution is -0.120. The third kappa shape index (κ3) is 5.59. The molecule has 0 radical (unpaired) electrons. The molecular formula is C22H23ClFN5O2S. The first-order chi connectivity index (χ1) is 15.6. The first-order valence-corrected chi connectivity index (χ1v) is 11.6. The molecule has 1 fully saturated rings. The number of carbonyl (C=O) groups excluding carboxylic acids is 1.